The fraction of sp³-hybridized carbons (Fsp3) is 0.333. The number of ether oxygens (including phenoxy) is 1. The molecular formula is C21H24N2O3. The van der Waals surface area contributed by atoms with Crippen molar-refractivity contribution in [3.05, 3.63) is 60.2 Å². The van der Waals surface area contributed by atoms with Crippen LogP contribution in [0.3, 0.4) is 0 Å². The fourth-order valence-corrected chi connectivity index (χ4v) is 2.97. The van der Waals surface area contributed by atoms with Crippen molar-refractivity contribution in [2.75, 3.05) is 18.1 Å². The molecule has 136 valence electrons. The van der Waals surface area contributed by atoms with Crippen LogP contribution in [0.5, 0.6) is 5.75 Å². The highest BCUT2D eigenvalue weighted by Crippen LogP contribution is 2.21. The lowest BCUT2D eigenvalue weighted by Gasteiger charge is -2.17. The van der Waals surface area contributed by atoms with Crippen molar-refractivity contribution < 1.29 is 14.3 Å². The summed E-state index contributed by atoms with van der Waals surface area (Å²) in [7, 11) is 0. The monoisotopic (exact) mass is 352 g/mol. The van der Waals surface area contributed by atoms with Crippen LogP contribution < -0.4 is 15.0 Å². The Balaban J connectivity index is 1.56. The van der Waals surface area contributed by atoms with Crippen molar-refractivity contribution in [3.63, 3.8) is 0 Å². The molecule has 1 heterocycles. The third-order valence-electron chi connectivity index (χ3n) is 4.41. The predicted octanol–water partition coefficient (Wildman–Crippen LogP) is 3.40. The lowest BCUT2D eigenvalue weighted by atomic mass is 10.2. The van der Waals surface area contributed by atoms with Crippen LogP contribution in [0.2, 0.25) is 0 Å². The first kappa shape index (κ1) is 18.0. The summed E-state index contributed by atoms with van der Waals surface area (Å²) >= 11 is 0. The Labute approximate surface area is 154 Å². The molecule has 0 aromatic heterocycles. The van der Waals surface area contributed by atoms with Gasteiger partial charge in [-0.05, 0) is 42.8 Å². The standard InChI is InChI=1S/C21H24N2O3/c1-2-3-13-26-19-11-9-16(10-12-19)21(25)22-17-14-20(24)23(15-17)18-7-5-4-6-8-18/h4-12,17H,2-3,13-15H2,1H3,(H,22,25)/t17-/m1/s1. The number of carbonyl (C=O) groups excluding carboxylic acids is 2. The summed E-state index contributed by atoms with van der Waals surface area (Å²) in [4.78, 5) is 26.4. The highest BCUT2D eigenvalue weighted by Gasteiger charge is 2.31. The van der Waals surface area contributed by atoms with E-state index in [0.29, 0.717) is 25.1 Å². The molecular weight excluding hydrogens is 328 g/mol. The number of hydrogen-bond donors (Lipinski definition) is 1. The van der Waals surface area contributed by atoms with Crippen LogP contribution in [0, 0.1) is 0 Å². The number of hydrogen-bond acceptors (Lipinski definition) is 3. The number of rotatable bonds is 7. The van der Waals surface area contributed by atoms with Crippen molar-refractivity contribution in [2.45, 2.75) is 32.2 Å². The highest BCUT2D eigenvalue weighted by molar-refractivity contribution is 5.99. The molecule has 0 saturated carbocycles. The van der Waals surface area contributed by atoms with E-state index in [1.165, 1.54) is 0 Å². The van der Waals surface area contributed by atoms with Gasteiger partial charge in [0.2, 0.25) is 5.91 Å². The van der Waals surface area contributed by atoms with E-state index >= 15 is 0 Å². The molecule has 1 fully saturated rings. The predicted molar refractivity (Wildman–Crippen MR) is 102 cm³/mol. The smallest absolute Gasteiger partial charge is 0.251 e. The van der Waals surface area contributed by atoms with E-state index < -0.39 is 0 Å². The first-order chi connectivity index (χ1) is 12.7. The highest BCUT2D eigenvalue weighted by atomic mass is 16.5. The van der Waals surface area contributed by atoms with E-state index in [9.17, 15) is 9.59 Å². The zero-order chi connectivity index (χ0) is 18.4. The van der Waals surface area contributed by atoms with E-state index in [1.54, 1.807) is 29.2 Å². The minimum atomic E-state index is -0.185. The summed E-state index contributed by atoms with van der Waals surface area (Å²) in [6.07, 6.45) is 2.41. The Morgan fingerprint density at radius 3 is 2.58 bits per heavy atom. The van der Waals surface area contributed by atoms with Gasteiger partial charge in [0.15, 0.2) is 0 Å². The zero-order valence-corrected chi connectivity index (χ0v) is 15.0. The van der Waals surface area contributed by atoms with Crippen LogP contribution in [0.4, 0.5) is 5.69 Å². The molecule has 1 aliphatic rings. The van der Waals surface area contributed by atoms with Gasteiger partial charge in [-0.15, -0.1) is 0 Å². The number of para-hydroxylation sites is 1. The Morgan fingerprint density at radius 2 is 1.88 bits per heavy atom. The van der Waals surface area contributed by atoms with Gasteiger partial charge in [-0.3, -0.25) is 9.59 Å². The van der Waals surface area contributed by atoms with Gasteiger partial charge < -0.3 is 15.0 Å². The third kappa shape index (κ3) is 4.42. The largest absolute Gasteiger partial charge is 0.494 e. The van der Waals surface area contributed by atoms with Crippen molar-refractivity contribution in [2.24, 2.45) is 0 Å². The molecule has 0 spiro atoms. The quantitative estimate of drug-likeness (QED) is 0.777. The van der Waals surface area contributed by atoms with Gasteiger partial charge in [-0.2, -0.15) is 0 Å². The molecule has 26 heavy (non-hydrogen) atoms. The van der Waals surface area contributed by atoms with E-state index in [0.717, 1.165) is 24.3 Å². The van der Waals surface area contributed by atoms with Crippen molar-refractivity contribution in [3.8, 4) is 5.75 Å². The number of carbonyl (C=O) groups is 2. The van der Waals surface area contributed by atoms with Gasteiger partial charge in [0.1, 0.15) is 5.75 Å². The number of unbranched alkanes of at least 4 members (excludes halogenated alkanes) is 1. The van der Waals surface area contributed by atoms with Gasteiger partial charge in [0.25, 0.3) is 5.91 Å². The molecule has 3 rings (SSSR count). The van der Waals surface area contributed by atoms with Crippen molar-refractivity contribution >= 4 is 17.5 Å². The van der Waals surface area contributed by atoms with E-state index in [2.05, 4.69) is 12.2 Å². The maximum absolute atomic E-state index is 12.4. The minimum Gasteiger partial charge on any atom is -0.494 e. The van der Waals surface area contributed by atoms with Crippen LogP contribution in [0.25, 0.3) is 0 Å². The number of anilines is 1. The lowest BCUT2D eigenvalue weighted by molar-refractivity contribution is -0.117. The van der Waals surface area contributed by atoms with E-state index in [1.807, 2.05) is 30.3 Å². The van der Waals surface area contributed by atoms with E-state index in [-0.39, 0.29) is 17.9 Å². The average molecular weight is 352 g/mol. The Bertz CT molecular complexity index is 744. The molecule has 2 aromatic carbocycles. The van der Waals surface area contributed by atoms with Crippen LogP contribution >= 0.6 is 0 Å². The fourth-order valence-electron chi connectivity index (χ4n) is 2.97. The number of amides is 2. The first-order valence-electron chi connectivity index (χ1n) is 9.06. The molecule has 0 radical (unpaired) electrons. The maximum atomic E-state index is 12.4. The second-order valence-corrected chi connectivity index (χ2v) is 6.44. The van der Waals surface area contributed by atoms with E-state index in [4.69, 9.17) is 4.74 Å². The molecule has 1 N–H and O–H groups in total. The van der Waals surface area contributed by atoms with Gasteiger partial charge >= 0.3 is 0 Å². The molecule has 0 bridgehead atoms. The van der Waals surface area contributed by atoms with Gasteiger partial charge in [-0.1, -0.05) is 31.5 Å². The molecule has 1 aliphatic heterocycles. The summed E-state index contributed by atoms with van der Waals surface area (Å²) in [6.45, 7) is 3.29. The van der Waals surface area contributed by atoms with Crippen LogP contribution in [0.15, 0.2) is 54.6 Å². The minimum absolute atomic E-state index is 0.0289. The molecule has 1 saturated heterocycles. The van der Waals surface area contributed by atoms with Crippen molar-refractivity contribution in [1.29, 1.82) is 0 Å². The number of benzene rings is 2. The molecule has 0 aliphatic carbocycles. The van der Waals surface area contributed by atoms with Crippen LogP contribution in [-0.2, 0) is 4.79 Å². The number of nitrogens with one attached hydrogen (secondary N) is 1. The summed E-state index contributed by atoms with van der Waals surface area (Å²) in [5, 5.41) is 2.95. The topological polar surface area (TPSA) is 58.6 Å². The molecule has 1 atom stereocenters. The van der Waals surface area contributed by atoms with Crippen LogP contribution in [-0.4, -0.2) is 31.0 Å². The summed E-state index contributed by atoms with van der Waals surface area (Å²) in [5.41, 5.74) is 1.43. The molecule has 5 nitrogen and oxygen atoms in total. The average Bonchev–Trinajstić information content (AvgIpc) is 3.03. The molecule has 5 heteroatoms. The lowest BCUT2D eigenvalue weighted by Crippen LogP contribution is -2.37. The SMILES string of the molecule is CCCCOc1ccc(C(=O)N[C@@H]2CC(=O)N(c3ccccc3)C2)cc1. The van der Waals surface area contributed by atoms with Gasteiger partial charge in [-0.25, -0.2) is 0 Å². The second kappa shape index (κ2) is 8.52. The molecule has 2 aromatic rings. The van der Waals surface area contributed by atoms with Gasteiger partial charge in [0, 0.05) is 24.2 Å². The molecule has 0 unspecified atom stereocenters. The third-order valence-corrected chi connectivity index (χ3v) is 4.41. The van der Waals surface area contributed by atoms with Gasteiger partial charge in [0.05, 0.1) is 12.6 Å². The molecule has 2 amide bonds. The number of nitrogens with zero attached hydrogens (tertiary/aromatic N) is 1. The van der Waals surface area contributed by atoms with Crippen molar-refractivity contribution in [1.82, 2.24) is 5.32 Å². The maximum Gasteiger partial charge on any atom is 0.251 e. The zero-order valence-electron chi connectivity index (χ0n) is 15.0. The second-order valence-electron chi connectivity index (χ2n) is 6.44. The van der Waals surface area contributed by atoms with Crippen LogP contribution in [0.1, 0.15) is 36.5 Å². The Kier molecular flexibility index (Phi) is 5.89. The summed E-state index contributed by atoms with van der Waals surface area (Å²) in [5.74, 6) is 0.625. The Hall–Kier alpha value is -2.82. The summed E-state index contributed by atoms with van der Waals surface area (Å²) in [6, 6.07) is 16.5. The first-order valence-corrected chi connectivity index (χ1v) is 9.06. The Morgan fingerprint density at radius 1 is 1.15 bits per heavy atom. The normalized spacial score (nSPS) is 16.6. The summed E-state index contributed by atoms with van der Waals surface area (Å²) < 4.78 is 5.61.